The fourth-order valence-corrected chi connectivity index (χ4v) is 4.52. The number of aliphatic hydroxyl groups is 1. The molecular weight excluding hydrogens is 532 g/mol. The molecule has 10 heteroatoms. The molecule has 2 aromatic heterocycles. The second-order valence-electron chi connectivity index (χ2n) is 10.7. The van der Waals surface area contributed by atoms with Crippen LogP contribution in [0.3, 0.4) is 0 Å². The van der Waals surface area contributed by atoms with Gasteiger partial charge in [0.2, 0.25) is 5.89 Å². The van der Waals surface area contributed by atoms with Crippen molar-refractivity contribution >= 4 is 11.8 Å². The number of aryl methyl sites for hydroxylation is 1. The van der Waals surface area contributed by atoms with Gasteiger partial charge in [0, 0.05) is 43.7 Å². The number of amides is 2. The maximum absolute atomic E-state index is 13.4. The fraction of sp³-hybridized carbons (Fsp3) is 0.344. The van der Waals surface area contributed by atoms with Crippen LogP contribution in [-0.4, -0.2) is 62.7 Å². The molecule has 0 fully saturated rings. The van der Waals surface area contributed by atoms with Gasteiger partial charge in [-0.2, -0.15) is 4.98 Å². The molecule has 10 nitrogen and oxygen atoms in total. The Hall–Kier alpha value is -4.41. The second-order valence-corrected chi connectivity index (χ2v) is 10.7. The molecule has 4 aromatic rings. The summed E-state index contributed by atoms with van der Waals surface area (Å²) < 4.78 is 5.11. The fourth-order valence-electron chi connectivity index (χ4n) is 4.52. The first-order chi connectivity index (χ1) is 20.2. The van der Waals surface area contributed by atoms with E-state index in [-0.39, 0.29) is 24.9 Å². The van der Waals surface area contributed by atoms with E-state index in [1.807, 2.05) is 42.7 Å². The van der Waals surface area contributed by atoms with Crippen LogP contribution in [0, 0.1) is 6.92 Å². The first-order valence-electron chi connectivity index (χ1n) is 14.0. The summed E-state index contributed by atoms with van der Waals surface area (Å²) >= 11 is 0. The van der Waals surface area contributed by atoms with E-state index in [4.69, 9.17) is 4.52 Å². The van der Waals surface area contributed by atoms with E-state index in [9.17, 15) is 14.7 Å². The Balaban J connectivity index is 1.42. The number of benzene rings is 2. The SMILES string of the molecule is Cc1noc(CN(C)C(=O)c2cccc(C(=O)N[C@@H](Cc3ccccc3)[C@H](O)CNCc3cncc(C(C)C)c3)c2)n1. The van der Waals surface area contributed by atoms with E-state index in [1.165, 1.54) is 4.90 Å². The topological polar surface area (TPSA) is 133 Å². The van der Waals surface area contributed by atoms with Crippen LogP contribution < -0.4 is 10.6 Å². The van der Waals surface area contributed by atoms with Crippen molar-refractivity contribution in [3.63, 3.8) is 0 Å². The molecule has 4 rings (SSSR count). The number of aliphatic hydroxyl groups excluding tert-OH is 1. The maximum Gasteiger partial charge on any atom is 0.254 e. The number of aromatic nitrogens is 3. The van der Waals surface area contributed by atoms with Gasteiger partial charge in [0.15, 0.2) is 5.82 Å². The number of pyridine rings is 1. The van der Waals surface area contributed by atoms with Gasteiger partial charge >= 0.3 is 0 Å². The van der Waals surface area contributed by atoms with Crippen LogP contribution >= 0.6 is 0 Å². The molecule has 2 atom stereocenters. The zero-order valence-corrected chi connectivity index (χ0v) is 24.4. The van der Waals surface area contributed by atoms with Crippen LogP contribution in [0.2, 0.25) is 0 Å². The van der Waals surface area contributed by atoms with Crippen LogP contribution in [0.5, 0.6) is 0 Å². The maximum atomic E-state index is 13.4. The Morgan fingerprint density at radius 1 is 1.00 bits per heavy atom. The summed E-state index contributed by atoms with van der Waals surface area (Å²) in [4.78, 5) is 36.3. The minimum absolute atomic E-state index is 0.145. The summed E-state index contributed by atoms with van der Waals surface area (Å²) in [5.41, 5.74) is 3.83. The third kappa shape index (κ3) is 8.55. The zero-order valence-electron chi connectivity index (χ0n) is 24.4. The largest absolute Gasteiger partial charge is 0.390 e. The Bertz CT molecular complexity index is 1470. The van der Waals surface area contributed by atoms with Crippen LogP contribution in [-0.2, 0) is 19.5 Å². The number of carbonyl (C=O) groups is 2. The minimum atomic E-state index is -0.871. The van der Waals surface area contributed by atoms with Crippen molar-refractivity contribution in [2.45, 2.75) is 58.3 Å². The summed E-state index contributed by atoms with van der Waals surface area (Å²) in [5, 5.41) is 21.2. The molecule has 0 saturated carbocycles. The molecule has 0 aliphatic carbocycles. The van der Waals surface area contributed by atoms with E-state index < -0.39 is 12.1 Å². The molecule has 0 saturated heterocycles. The van der Waals surface area contributed by atoms with Crippen LogP contribution in [0.1, 0.15) is 68.9 Å². The molecule has 0 spiro atoms. The number of hydrogen-bond donors (Lipinski definition) is 3. The lowest BCUT2D eigenvalue weighted by Crippen LogP contribution is -2.48. The van der Waals surface area contributed by atoms with Gasteiger partial charge < -0.3 is 25.2 Å². The summed E-state index contributed by atoms with van der Waals surface area (Å²) in [7, 11) is 1.63. The molecule has 2 amide bonds. The lowest BCUT2D eigenvalue weighted by molar-refractivity contribution is 0.0769. The van der Waals surface area contributed by atoms with Crippen molar-refractivity contribution in [1.29, 1.82) is 0 Å². The summed E-state index contributed by atoms with van der Waals surface area (Å²) in [6, 6.07) is 17.7. The number of rotatable bonds is 13. The third-order valence-electron chi connectivity index (χ3n) is 6.91. The quantitative estimate of drug-likeness (QED) is 0.222. The first-order valence-corrected chi connectivity index (χ1v) is 14.0. The molecule has 0 aliphatic heterocycles. The highest BCUT2D eigenvalue weighted by atomic mass is 16.5. The molecule has 3 N–H and O–H groups in total. The van der Waals surface area contributed by atoms with Crippen molar-refractivity contribution < 1.29 is 19.2 Å². The van der Waals surface area contributed by atoms with Crippen molar-refractivity contribution in [2.75, 3.05) is 13.6 Å². The van der Waals surface area contributed by atoms with E-state index in [0.29, 0.717) is 41.7 Å². The van der Waals surface area contributed by atoms with Gasteiger partial charge in [0.25, 0.3) is 11.8 Å². The molecule has 0 bridgehead atoms. The summed E-state index contributed by atoms with van der Waals surface area (Å²) in [6.07, 6.45) is 3.24. The van der Waals surface area contributed by atoms with Crippen LogP contribution in [0.25, 0.3) is 0 Å². The van der Waals surface area contributed by atoms with Gasteiger partial charge in [0.1, 0.15) is 0 Å². The Labute approximate surface area is 246 Å². The summed E-state index contributed by atoms with van der Waals surface area (Å²) in [5.74, 6) is 0.518. The molecule has 0 aliphatic rings. The standard InChI is InChI=1S/C32H38N6O4/c1-21(2)27-13-24(16-33-18-27)17-34-19-29(39)28(14-23-9-6-5-7-10-23)36-31(40)25-11-8-12-26(15-25)32(41)38(4)20-30-35-22(3)37-42-30/h5-13,15-16,18,21,28-29,34,39H,14,17,19-20H2,1-4H3,(H,36,40)/t28-,29+/m0/s1. The van der Waals surface area contributed by atoms with Crippen LogP contribution in [0.15, 0.2) is 77.6 Å². The highest BCUT2D eigenvalue weighted by molar-refractivity contribution is 5.99. The Morgan fingerprint density at radius 3 is 2.48 bits per heavy atom. The predicted molar refractivity (Wildman–Crippen MR) is 159 cm³/mol. The molecule has 2 heterocycles. The third-order valence-corrected chi connectivity index (χ3v) is 6.91. The number of hydrogen-bond acceptors (Lipinski definition) is 8. The molecular formula is C32H38N6O4. The molecule has 0 radical (unpaired) electrons. The highest BCUT2D eigenvalue weighted by Crippen LogP contribution is 2.15. The number of nitrogens with one attached hydrogen (secondary N) is 2. The van der Waals surface area contributed by atoms with Crippen molar-refractivity contribution in [1.82, 2.24) is 30.7 Å². The minimum Gasteiger partial charge on any atom is -0.390 e. The van der Waals surface area contributed by atoms with Gasteiger partial charge in [-0.15, -0.1) is 0 Å². The van der Waals surface area contributed by atoms with Crippen molar-refractivity contribution in [2.24, 2.45) is 0 Å². The normalized spacial score (nSPS) is 12.6. The second kappa shape index (κ2) is 14.5. The van der Waals surface area contributed by atoms with Crippen LogP contribution in [0.4, 0.5) is 0 Å². The number of carbonyl (C=O) groups excluding carboxylic acids is 2. The van der Waals surface area contributed by atoms with Gasteiger partial charge in [-0.1, -0.05) is 61.5 Å². The van der Waals surface area contributed by atoms with Gasteiger partial charge in [-0.3, -0.25) is 14.6 Å². The van der Waals surface area contributed by atoms with E-state index in [1.54, 1.807) is 38.2 Å². The number of nitrogens with zero attached hydrogens (tertiary/aromatic N) is 4. The van der Waals surface area contributed by atoms with E-state index >= 15 is 0 Å². The summed E-state index contributed by atoms with van der Waals surface area (Å²) in [6.45, 7) is 6.90. The van der Waals surface area contributed by atoms with E-state index in [0.717, 1.165) is 16.7 Å². The predicted octanol–water partition coefficient (Wildman–Crippen LogP) is 3.66. The van der Waals surface area contributed by atoms with Crippen molar-refractivity contribution in [3.05, 3.63) is 113 Å². The Kier molecular flexibility index (Phi) is 10.5. The monoisotopic (exact) mass is 570 g/mol. The average Bonchev–Trinajstić information content (AvgIpc) is 3.41. The van der Waals surface area contributed by atoms with Gasteiger partial charge in [-0.05, 0) is 54.2 Å². The molecule has 220 valence electrons. The highest BCUT2D eigenvalue weighted by Gasteiger charge is 2.23. The Morgan fingerprint density at radius 2 is 1.76 bits per heavy atom. The molecule has 42 heavy (non-hydrogen) atoms. The van der Waals surface area contributed by atoms with Gasteiger partial charge in [-0.25, -0.2) is 0 Å². The first kappa shape index (κ1) is 30.5. The zero-order chi connectivity index (χ0) is 30.1. The van der Waals surface area contributed by atoms with Gasteiger partial charge in [0.05, 0.1) is 18.7 Å². The molecule has 0 unspecified atom stereocenters. The average molecular weight is 571 g/mol. The smallest absolute Gasteiger partial charge is 0.254 e. The lowest BCUT2D eigenvalue weighted by atomic mass is 10.00. The molecule has 2 aromatic carbocycles. The van der Waals surface area contributed by atoms with Crippen molar-refractivity contribution in [3.8, 4) is 0 Å². The van der Waals surface area contributed by atoms with E-state index in [2.05, 4.69) is 45.7 Å². The lowest BCUT2D eigenvalue weighted by Gasteiger charge is -2.25.